The summed E-state index contributed by atoms with van der Waals surface area (Å²) in [7, 11) is 1.69. The number of aryl methyl sites for hydroxylation is 2. The van der Waals surface area contributed by atoms with Crippen molar-refractivity contribution in [3.05, 3.63) is 52.6 Å². The maximum absolute atomic E-state index is 10.0. The number of nitrogens with one attached hydrogen (secondary N) is 1. The molecule has 0 heterocycles. The number of ether oxygens (including phenoxy) is 1. The van der Waals surface area contributed by atoms with Gasteiger partial charge in [-0.2, -0.15) is 0 Å². The number of phenolic OH excluding ortho intramolecular Hbond substituents is 1. The largest absolute Gasteiger partial charge is 0.507 e. The molecule has 112 valence electrons. The molecule has 0 aliphatic heterocycles. The second-order valence-corrected chi connectivity index (χ2v) is 5.52. The lowest BCUT2D eigenvalue weighted by Crippen LogP contribution is -2.09. The van der Waals surface area contributed by atoms with E-state index in [1.807, 2.05) is 39.0 Å². The summed E-state index contributed by atoms with van der Waals surface area (Å²) in [6, 6.07) is 10.2. The van der Waals surface area contributed by atoms with Gasteiger partial charge >= 0.3 is 0 Å². The minimum atomic E-state index is 0.0846. The fourth-order valence-electron chi connectivity index (χ4n) is 2.48. The van der Waals surface area contributed by atoms with Crippen molar-refractivity contribution in [2.45, 2.75) is 33.7 Å². The molecule has 1 unspecified atom stereocenters. The van der Waals surface area contributed by atoms with Crippen LogP contribution in [0.2, 0.25) is 0 Å². The van der Waals surface area contributed by atoms with Gasteiger partial charge in [-0.1, -0.05) is 18.2 Å². The van der Waals surface area contributed by atoms with Gasteiger partial charge < -0.3 is 15.2 Å². The summed E-state index contributed by atoms with van der Waals surface area (Å²) in [4.78, 5) is 0. The maximum atomic E-state index is 10.0. The predicted molar refractivity (Wildman–Crippen MR) is 87.3 cm³/mol. The van der Waals surface area contributed by atoms with Crippen LogP contribution in [0.25, 0.3) is 0 Å². The van der Waals surface area contributed by atoms with Crippen molar-refractivity contribution in [2.24, 2.45) is 0 Å². The van der Waals surface area contributed by atoms with E-state index in [2.05, 4.69) is 24.4 Å². The van der Waals surface area contributed by atoms with Crippen LogP contribution >= 0.6 is 0 Å². The van der Waals surface area contributed by atoms with E-state index < -0.39 is 0 Å². The van der Waals surface area contributed by atoms with Crippen molar-refractivity contribution in [1.82, 2.24) is 0 Å². The minimum absolute atomic E-state index is 0.0846. The van der Waals surface area contributed by atoms with Gasteiger partial charge in [0, 0.05) is 16.8 Å². The van der Waals surface area contributed by atoms with Gasteiger partial charge in [-0.3, -0.25) is 0 Å². The summed E-state index contributed by atoms with van der Waals surface area (Å²) in [6.07, 6.45) is 0. The first-order valence-electron chi connectivity index (χ1n) is 7.14. The molecule has 2 aromatic carbocycles. The highest BCUT2D eigenvalue weighted by Gasteiger charge is 2.14. The Kier molecular flexibility index (Phi) is 4.41. The summed E-state index contributed by atoms with van der Waals surface area (Å²) >= 11 is 0. The minimum Gasteiger partial charge on any atom is -0.507 e. The lowest BCUT2D eigenvalue weighted by atomic mass is 10.0. The average Bonchev–Trinajstić information content (AvgIpc) is 2.47. The van der Waals surface area contributed by atoms with Crippen LogP contribution in [-0.4, -0.2) is 12.2 Å². The van der Waals surface area contributed by atoms with E-state index in [-0.39, 0.29) is 6.04 Å². The Morgan fingerprint density at radius 1 is 1.10 bits per heavy atom. The van der Waals surface area contributed by atoms with Gasteiger partial charge in [0.15, 0.2) is 0 Å². The van der Waals surface area contributed by atoms with Crippen molar-refractivity contribution < 1.29 is 9.84 Å². The zero-order valence-electron chi connectivity index (χ0n) is 13.3. The number of hydrogen-bond donors (Lipinski definition) is 2. The molecule has 2 aromatic rings. The monoisotopic (exact) mass is 285 g/mol. The summed E-state index contributed by atoms with van der Waals surface area (Å²) in [5.41, 5.74) is 4.97. The second kappa shape index (κ2) is 6.08. The SMILES string of the molecule is COc1cc(C)ccc1C(C)Nc1ccc(C)c(O)c1C. The average molecular weight is 285 g/mol. The molecule has 0 radical (unpaired) electrons. The first-order chi connectivity index (χ1) is 9.93. The number of aromatic hydroxyl groups is 1. The molecule has 21 heavy (non-hydrogen) atoms. The van der Waals surface area contributed by atoms with Crippen molar-refractivity contribution in [3.8, 4) is 11.5 Å². The predicted octanol–water partition coefficient (Wildman–Crippen LogP) is 4.50. The summed E-state index contributed by atoms with van der Waals surface area (Å²) in [5, 5.41) is 13.5. The number of phenols is 1. The molecule has 3 heteroatoms. The van der Waals surface area contributed by atoms with E-state index in [0.717, 1.165) is 28.1 Å². The van der Waals surface area contributed by atoms with Crippen LogP contribution in [-0.2, 0) is 0 Å². The van der Waals surface area contributed by atoms with E-state index in [9.17, 15) is 5.11 Å². The van der Waals surface area contributed by atoms with Crippen LogP contribution < -0.4 is 10.1 Å². The number of rotatable bonds is 4. The van der Waals surface area contributed by atoms with Crippen molar-refractivity contribution in [2.75, 3.05) is 12.4 Å². The Bertz CT molecular complexity index is 650. The Labute approximate surface area is 126 Å². The third kappa shape index (κ3) is 3.13. The molecule has 3 nitrogen and oxygen atoms in total. The van der Waals surface area contributed by atoms with Crippen LogP contribution in [0.4, 0.5) is 5.69 Å². The lowest BCUT2D eigenvalue weighted by molar-refractivity contribution is 0.407. The molecule has 1 atom stereocenters. The van der Waals surface area contributed by atoms with Gasteiger partial charge in [0.25, 0.3) is 0 Å². The number of benzene rings is 2. The molecule has 0 amide bonds. The van der Waals surface area contributed by atoms with Crippen molar-refractivity contribution in [1.29, 1.82) is 0 Å². The fourth-order valence-corrected chi connectivity index (χ4v) is 2.48. The molecule has 0 fully saturated rings. The first kappa shape index (κ1) is 15.2. The number of anilines is 1. The lowest BCUT2D eigenvalue weighted by Gasteiger charge is -2.21. The topological polar surface area (TPSA) is 41.5 Å². The molecular formula is C18H23NO2. The van der Waals surface area contributed by atoms with Crippen LogP contribution in [0.15, 0.2) is 30.3 Å². The molecule has 0 aromatic heterocycles. The number of methoxy groups -OCH3 is 1. The van der Waals surface area contributed by atoms with Crippen LogP contribution in [0.3, 0.4) is 0 Å². The maximum Gasteiger partial charge on any atom is 0.124 e. The van der Waals surface area contributed by atoms with Gasteiger partial charge in [0.1, 0.15) is 11.5 Å². The summed E-state index contributed by atoms with van der Waals surface area (Å²) in [6.45, 7) is 7.96. The third-order valence-corrected chi connectivity index (χ3v) is 3.86. The highest BCUT2D eigenvalue weighted by Crippen LogP contribution is 2.33. The second-order valence-electron chi connectivity index (χ2n) is 5.52. The summed E-state index contributed by atoms with van der Waals surface area (Å²) < 4.78 is 5.47. The van der Waals surface area contributed by atoms with Gasteiger partial charge in [0.2, 0.25) is 0 Å². The molecule has 0 spiro atoms. The van der Waals surface area contributed by atoms with Crippen molar-refractivity contribution in [3.63, 3.8) is 0 Å². The molecule has 0 saturated heterocycles. The van der Waals surface area contributed by atoms with Crippen molar-refractivity contribution >= 4 is 5.69 Å². The Hall–Kier alpha value is -2.16. The smallest absolute Gasteiger partial charge is 0.124 e. The highest BCUT2D eigenvalue weighted by molar-refractivity contribution is 5.60. The standard InChI is InChI=1S/C18H23NO2/c1-11-6-8-15(17(10-11)21-5)14(4)19-16-9-7-12(2)18(20)13(16)3/h6-10,14,19-20H,1-5H3. The third-order valence-electron chi connectivity index (χ3n) is 3.86. The first-order valence-corrected chi connectivity index (χ1v) is 7.14. The van der Waals surface area contributed by atoms with E-state index in [0.29, 0.717) is 5.75 Å². The van der Waals surface area contributed by atoms with Crippen LogP contribution in [0.1, 0.15) is 35.2 Å². The Balaban J connectivity index is 2.30. The van der Waals surface area contributed by atoms with E-state index in [4.69, 9.17) is 4.74 Å². The van der Waals surface area contributed by atoms with Gasteiger partial charge in [0.05, 0.1) is 13.2 Å². The van der Waals surface area contributed by atoms with E-state index in [1.165, 1.54) is 5.56 Å². The zero-order valence-corrected chi connectivity index (χ0v) is 13.3. The number of hydrogen-bond acceptors (Lipinski definition) is 3. The van der Waals surface area contributed by atoms with E-state index in [1.54, 1.807) is 7.11 Å². The van der Waals surface area contributed by atoms with Gasteiger partial charge in [-0.25, -0.2) is 0 Å². The molecule has 0 saturated carbocycles. The van der Waals surface area contributed by atoms with Gasteiger partial charge in [-0.05, 0) is 51.0 Å². The normalized spacial score (nSPS) is 12.0. The Morgan fingerprint density at radius 3 is 2.48 bits per heavy atom. The Morgan fingerprint density at radius 2 is 1.81 bits per heavy atom. The molecular weight excluding hydrogens is 262 g/mol. The zero-order chi connectivity index (χ0) is 15.6. The molecule has 2 N–H and O–H groups in total. The molecule has 0 aliphatic rings. The molecule has 2 rings (SSSR count). The van der Waals surface area contributed by atoms with Gasteiger partial charge in [-0.15, -0.1) is 0 Å². The van der Waals surface area contributed by atoms with Crippen LogP contribution in [0, 0.1) is 20.8 Å². The van der Waals surface area contributed by atoms with Crippen LogP contribution in [0.5, 0.6) is 11.5 Å². The summed E-state index contributed by atoms with van der Waals surface area (Å²) in [5.74, 6) is 1.23. The van der Waals surface area contributed by atoms with E-state index >= 15 is 0 Å². The highest BCUT2D eigenvalue weighted by atomic mass is 16.5. The molecule has 0 bridgehead atoms. The molecule has 0 aliphatic carbocycles. The fraction of sp³-hybridized carbons (Fsp3) is 0.333. The quantitative estimate of drug-likeness (QED) is 0.869.